The molecule has 0 aliphatic carbocycles. The highest BCUT2D eigenvalue weighted by Crippen LogP contribution is 2.38. The Kier molecular flexibility index (Phi) is 4.89. The van der Waals surface area contributed by atoms with Crippen LogP contribution in [-0.4, -0.2) is 16.6 Å². The molecule has 4 aromatic rings. The average Bonchev–Trinajstić information content (AvgIpc) is 3.42. The normalized spacial score (nSPS) is 19.1. The van der Waals surface area contributed by atoms with Gasteiger partial charge in [-0.15, -0.1) is 0 Å². The smallest absolute Gasteiger partial charge is 0.0820 e. The molecule has 3 heteroatoms. The van der Waals surface area contributed by atoms with Gasteiger partial charge in [0, 0.05) is 15.7 Å². The fraction of sp³-hybridized carbons (Fsp3) is 0.250. The molecule has 4 aromatic carbocycles. The molecule has 0 saturated heterocycles. The third-order valence-corrected chi connectivity index (χ3v) is 8.35. The Hall–Kier alpha value is -4.11. The predicted octanol–water partition coefficient (Wildman–Crippen LogP) is 3.52. The third-order valence-electron chi connectivity index (χ3n) is 8.35. The number of rotatable bonds is 3. The average molecular weight is 508 g/mol. The van der Waals surface area contributed by atoms with Crippen molar-refractivity contribution in [3.63, 3.8) is 0 Å². The van der Waals surface area contributed by atoms with Crippen LogP contribution >= 0.6 is 0 Å². The van der Waals surface area contributed by atoms with Crippen molar-refractivity contribution in [3.05, 3.63) is 139 Å². The van der Waals surface area contributed by atoms with Gasteiger partial charge in [0.2, 0.25) is 0 Å². The summed E-state index contributed by atoms with van der Waals surface area (Å²) in [5.74, 6) is 0. The van der Waals surface area contributed by atoms with Crippen molar-refractivity contribution < 1.29 is 0 Å². The lowest BCUT2D eigenvalue weighted by molar-refractivity contribution is 0.668. The molecule has 39 heavy (non-hydrogen) atoms. The van der Waals surface area contributed by atoms with Gasteiger partial charge in [0.15, 0.2) is 0 Å². The molecule has 0 spiro atoms. The van der Waals surface area contributed by atoms with Gasteiger partial charge in [-0.25, -0.2) is 0 Å². The molecule has 3 nitrogen and oxygen atoms in total. The van der Waals surface area contributed by atoms with Gasteiger partial charge in [-0.1, -0.05) is 54.6 Å². The van der Waals surface area contributed by atoms with Crippen LogP contribution in [0.15, 0.2) is 106 Å². The molecule has 192 valence electrons. The van der Waals surface area contributed by atoms with Crippen molar-refractivity contribution in [1.29, 1.82) is 0 Å². The van der Waals surface area contributed by atoms with Crippen molar-refractivity contribution >= 4 is 16.7 Å². The minimum atomic E-state index is -0.337. The summed E-state index contributed by atoms with van der Waals surface area (Å²) in [5, 5.41) is 6.83. The van der Waals surface area contributed by atoms with E-state index in [4.69, 9.17) is 15.0 Å². The third kappa shape index (κ3) is 3.60. The van der Waals surface area contributed by atoms with Crippen LogP contribution < -0.4 is 31.7 Å². The van der Waals surface area contributed by atoms with Crippen molar-refractivity contribution in [2.24, 2.45) is 15.0 Å². The number of fused-ring (bicyclic) bond motifs is 3. The summed E-state index contributed by atoms with van der Waals surface area (Å²) in [4.78, 5) is 15.4. The highest BCUT2D eigenvalue weighted by Gasteiger charge is 2.34. The van der Waals surface area contributed by atoms with E-state index in [1.54, 1.807) is 0 Å². The first kappa shape index (κ1) is 24.0. The van der Waals surface area contributed by atoms with E-state index in [2.05, 4.69) is 133 Å². The maximum absolute atomic E-state index is 5.14. The van der Waals surface area contributed by atoms with Gasteiger partial charge >= 0.3 is 0 Å². The largest absolute Gasteiger partial charge is 0.274 e. The Morgan fingerprint density at radius 3 is 0.923 bits per heavy atom. The van der Waals surface area contributed by atoms with Crippen molar-refractivity contribution in [2.45, 2.75) is 58.2 Å². The molecule has 0 radical (unpaired) electrons. The van der Waals surface area contributed by atoms with E-state index in [-0.39, 0.29) is 16.6 Å². The summed E-state index contributed by atoms with van der Waals surface area (Å²) in [7, 11) is 0. The lowest BCUT2D eigenvalue weighted by Crippen LogP contribution is -2.27. The summed E-state index contributed by atoms with van der Waals surface area (Å²) in [6.07, 6.45) is 0. The van der Waals surface area contributed by atoms with Gasteiger partial charge in [0.1, 0.15) is 0 Å². The van der Waals surface area contributed by atoms with E-state index in [9.17, 15) is 0 Å². The van der Waals surface area contributed by atoms with Gasteiger partial charge in [-0.3, -0.25) is 15.0 Å². The lowest BCUT2D eigenvalue weighted by atomic mass is 9.80. The van der Waals surface area contributed by atoms with Crippen molar-refractivity contribution in [1.82, 2.24) is 0 Å². The van der Waals surface area contributed by atoms with Crippen molar-refractivity contribution in [3.8, 4) is 0 Å². The number of para-hydroxylation sites is 3. The van der Waals surface area contributed by atoms with Crippen LogP contribution in [0.5, 0.6) is 0 Å². The molecule has 7 rings (SSSR count). The van der Waals surface area contributed by atoms with Crippen LogP contribution in [-0.2, 0) is 0 Å². The van der Waals surface area contributed by atoms with E-state index in [1.807, 2.05) is 0 Å². The second-order valence-electron chi connectivity index (χ2n) is 12.5. The molecule has 0 atom stereocenters. The molecular weight excluding hydrogens is 474 g/mol. The Morgan fingerprint density at radius 1 is 0.385 bits per heavy atom. The molecule has 3 aliphatic rings. The maximum Gasteiger partial charge on any atom is 0.0820 e. The second-order valence-corrected chi connectivity index (χ2v) is 12.5. The fourth-order valence-corrected chi connectivity index (χ4v) is 6.99. The number of hydrogen-bond acceptors (Lipinski definition) is 3. The Labute approximate surface area is 229 Å². The lowest BCUT2D eigenvalue weighted by Gasteiger charge is -2.27. The first-order chi connectivity index (χ1) is 18.6. The van der Waals surface area contributed by atoms with Crippen LogP contribution in [0.1, 0.15) is 58.2 Å². The minimum Gasteiger partial charge on any atom is -0.274 e. The zero-order valence-electron chi connectivity index (χ0n) is 23.5. The molecular formula is C36H33N3. The van der Waals surface area contributed by atoms with E-state index in [1.165, 1.54) is 49.1 Å². The molecule has 3 aliphatic heterocycles. The van der Waals surface area contributed by atoms with E-state index in [0.29, 0.717) is 0 Å². The maximum atomic E-state index is 5.14. The van der Waals surface area contributed by atoms with E-state index in [0.717, 1.165) is 16.1 Å². The monoisotopic (exact) mass is 507 g/mol. The van der Waals surface area contributed by atoms with Crippen LogP contribution in [0.2, 0.25) is 0 Å². The molecule has 0 fully saturated rings. The topological polar surface area (TPSA) is 37.1 Å². The Bertz CT molecular complexity index is 1840. The Morgan fingerprint density at radius 2 is 0.641 bits per heavy atom. The standard InChI is InChI=1S/C36H33N3/c1-34(2)31(25-13-7-10-16-28(25)37-34)22-19-23(32-26-14-8-11-17-29(26)38-35(32,3)4)21-24(20-22)33-27-15-9-12-18-30(27)39-36(33,5)6/h7-21H,1-6H3. The first-order valence-electron chi connectivity index (χ1n) is 13.8. The van der Waals surface area contributed by atoms with Crippen molar-refractivity contribution in [2.75, 3.05) is 0 Å². The van der Waals surface area contributed by atoms with Gasteiger partial charge in [-0.05, 0) is 111 Å². The summed E-state index contributed by atoms with van der Waals surface area (Å²) < 4.78 is 0. The first-order valence-corrected chi connectivity index (χ1v) is 13.8. The SMILES string of the molecule is CC1(C)N=c2ccccc2=C1c1cc(C2=c3ccccc3=NC2(C)C)cc(C2=c3ccccc3=NC2(C)C)c1. The zero-order chi connectivity index (χ0) is 27.2. The summed E-state index contributed by atoms with van der Waals surface area (Å²) in [6.45, 7) is 13.4. The number of benzene rings is 4. The molecule has 0 amide bonds. The van der Waals surface area contributed by atoms with E-state index < -0.39 is 0 Å². The van der Waals surface area contributed by atoms with Crippen LogP contribution in [0.25, 0.3) is 16.7 Å². The number of nitrogens with zero attached hydrogens (tertiary/aromatic N) is 3. The number of hydrogen-bond donors (Lipinski definition) is 0. The summed E-state index contributed by atoms with van der Waals surface area (Å²) >= 11 is 0. The van der Waals surface area contributed by atoms with Gasteiger partial charge in [-0.2, -0.15) is 0 Å². The van der Waals surface area contributed by atoms with E-state index >= 15 is 0 Å². The van der Waals surface area contributed by atoms with Gasteiger partial charge in [0.05, 0.1) is 32.7 Å². The molecule has 3 heterocycles. The van der Waals surface area contributed by atoms with Crippen LogP contribution in [0.3, 0.4) is 0 Å². The quantitative estimate of drug-likeness (QED) is 0.407. The van der Waals surface area contributed by atoms with Crippen LogP contribution in [0.4, 0.5) is 0 Å². The fourth-order valence-electron chi connectivity index (χ4n) is 6.99. The second kappa shape index (κ2) is 7.95. The van der Waals surface area contributed by atoms with Gasteiger partial charge < -0.3 is 0 Å². The predicted molar refractivity (Wildman–Crippen MR) is 158 cm³/mol. The Balaban J connectivity index is 1.63. The highest BCUT2D eigenvalue weighted by molar-refractivity contribution is 5.85. The summed E-state index contributed by atoms with van der Waals surface area (Å²) in [6, 6.07) is 32.7. The molecule has 0 saturated carbocycles. The van der Waals surface area contributed by atoms with Crippen LogP contribution in [0, 0.1) is 0 Å². The molecule has 0 unspecified atom stereocenters. The molecule has 0 bridgehead atoms. The zero-order valence-corrected chi connectivity index (χ0v) is 23.5. The highest BCUT2D eigenvalue weighted by atomic mass is 14.9. The minimum absolute atomic E-state index is 0.337. The van der Waals surface area contributed by atoms with Gasteiger partial charge in [0.25, 0.3) is 0 Å². The molecule has 0 aromatic heterocycles. The molecule has 0 N–H and O–H groups in total. The summed E-state index contributed by atoms with van der Waals surface area (Å²) in [5.41, 5.74) is 6.42.